The van der Waals surface area contributed by atoms with Gasteiger partial charge in [0.05, 0.1) is 10.5 Å². The first-order valence-corrected chi connectivity index (χ1v) is 11.6. The van der Waals surface area contributed by atoms with Crippen LogP contribution in [0.2, 0.25) is 0 Å². The Kier molecular flexibility index (Phi) is 6.54. The molecule has 0 aliphatic heterocycles. The molecule has 7 heteroatoms. The van der Waals surface area contributed by atoms with E-state index in [-0.39, 0.29) is 16.8 Å². The van der Waals surface area contributed by atoms with Crippen LogP contribution in [-0.2, 0) is 10.0 Å². The van der Waals surface area contributed by atoms with Crippen LogP contribution >= 0.6 is 22.6 Å². The number of hydrogen-bond acceptors (Lipinski definition) is 3. The van der Waals surface area contributed by atoms with Crippen LogP contribution in [0.3, 0.4) is 0 Å². The van der Waals surface area contributed by atoms with Gasteiger partial charge in [0.2, 0.25) is 10.0 Å². The Hall–Kier alpha value is -1.45. The minimum atomic E-state index is -3.52. The van der Waals surface area contributed by atoms with Gasteiger partial charge in [-0.3, -0.25) is 4.79 Å². The lowest BCUT2D eigenvalue weighted by Crippen LogP contribution is -2.38. The van der Waals surface area contributed by atoms with E-state index in [4.69, 9.17) is 0 Å². The van der Waals surface area contributed by atoms with Gasteiger partial charge in [0.1, 0.15) is 0 Å². The highest BCUT2D eigenvalue weighted by atomic mass is 127. The lowest BCUT2D eigenvalue weighted by atomic mass is 9.96. The van der Waals surface area contributed by atoms with Crippen LogP contribution in [0.4, 0.5) is 5.69 Å². The number of hydrogen-bond donors (Lipinski definition) is 1. The van der Waals surface area contributed by atoms with Crippen molar-refractivity contribution >= 4 is 44.2 Å². The normalized spacial score (nSPS) is 15.7. The molecular formula is C20H23IN2O3S. The number of rotatable bonds is 5. The monoisotopic (exact) mass is 498 g/mol. The second-order valence-corrected chi connectivity index (χ2v) is 9.93. The van der Waals surface area contributed by atoms with Crippen LogP contribution in [0.5, 0.6) is 0 Å². The Morgan fingerprint density at radius 1 is 1.04 bits per heavy atom. The average Bonchev–Trinajstić information content (AvgIpc) is 2.68. The quantitative estimate of drug-likeness (QED) is 0.618. The molecule has 1 amide bonds. The maximum absolute atomic E-state index is 12.9. The Balaban J connectivity index is 1.72. The van der Waals surface area contributed by atoms with Gasteiger partial charge in [-0.25, -0.2) is 8.42 Å². The molecule has 2 aromatic rings. The molecule has 0 heterocycles. The third-order valence-corrected chi connectivity index (χ3v) is 7.86. The largest absolute Gasteiger partial charge is 0.322 e. The van der Waals surface area contributed by atoms with Crippen molar-refractivity contribution in [1.29, 1.82) is 0 Å². The molecule has 0 unspecified atom stereocenters. The third-order valence-electron chi connectivity index (χ3n) is 5.00. The van der Waals surface area contributed by atoms with Gasteiger partial charge in [-0.05, 0) is 71.8 Å². The molecule has 0 spiro atoms. The number of carbonyl (C=O) groups is 1. The molecule has 27 heavy (non-hydrogen) atoms. The summed E-state index contributed by atoms with van der Waals surface area (Å²) in [4.78, 5) is 12.6. The van der Waals surface area contributed by atoms with Gasteiger partial charge in [0.15, 0.2) is 0 Å². The molecule has 2 aromatic carbocycles. The third kappa shape index (κ3) is 4.70. The molecule has 0 aromatic heterocycles. The molecule has 1 aliphatic rings. The maximum Gasteiger partial charge on any atom is 0.256 e. The molecule has 5 nitrogen and oxygen atoms in total. The van der Waals surface area contributed by atoms with Gasteiger partial charge in [-0.15, -0.1) is 0 Å². The Morgan fingerprint density at radius 3 is 2.30 bits per heavy atom. The van der Waals surface area contributed by atoms with Crippen LogP contribution in [0, 0.1) is 3.57 Å². The van der Waals surface area contributed by atoms with Crippen molar-refractivity contribution < 1.29 is 13.2 Å². The lowest BCUT2D eigenvalue weighted by Gasteiger charge is -2.30. The van der Waals surface area contributed by atoms with Crippen molar-refractivity contribution in [3.05, 3.63) is 57.7 Å². The first kappa shape index (κ1) is 20.3. The highest BCUT2D eigenvalue weighted by Gasteiger charge is 2.28. The summed E-state index contributed by atoms with van der Waals surface area (Å²) in [5.74, 6) is -0.213. The summed E-state index contributed by atoms with van der Waals surface area (Å²) in [7, 11) is -1.86. The van der Waals surface area contributed by atoms with E-state index in [9.17, 15) is 13.2 Å². The second-order valence-electron chi connectivity index (χ2n) is 6.77. The summed E-state index contributed by atoms with van der Waals surface area (Å²) < 4.78 is 28.1. The minimum Gasteiger partial charge on any atom is -0.322 e. The molecule has 3 rings (SSSR count). The number of halogens is 1. The van der Waals surface area contributed by atoms with Crippen molar-refractivity contribution in [2.45, 2.75) is 43.0 Å². The fourth-order valence-corrected chi connectivity index (χ4v) is 5.41. The van der Waals surface area contributed by atoms with Crippen LogP contribution in [0.15, 0.2) is 53.4 Å². The topological polar surface area (TPSA) is 66.5 Å². The molecule has 1 N–H and O–H groups in total. The molecule has 0 atom stereocenters. The van der Waals surface area contributed by atoms with Gasteiger partial charge >= 0.3 is 0 Å². The summed E-state index contributed by atoms with van der Waals surface area (Å²) in [5, 5.41) is 2.82. The number of nitrogens with zero attached hydrogens (tertiary/aromatic N) is 1. The van der Waals surface area contributed by atoms with Gasteiger partial charge < -0.3 is 5.32 Å². The zero-order valence-corrected chi connectivity index (χ0v) is 18.2. The predicted octanol–water partition coefficient (Wildman–Crippen LogP) is 4.50. The predicted molar refractivity (Wildman–Crippen MR) is 115 cm³/mol. The van der Waals surface area contributed by atoms with Crippen molar-refractivity contribution in [2.75, 3.05) is 12.4 Å². The Bertz CT molecular complexity index is 907. The highest BCUT2D eigenvalue weighted by molar-refractivity contribution is 14.1. The zero-order valence-electron chi connectivity index (χ0n) is 15.2. The average molecular weight is 498 g/mol. The van der Waals surface area contributed by atoms with Crippen molar-refractivity contribution in [3.63, 3.8) is 0 Å². The van der Waals surface area contributed by atoms with Gasteiger partial charge in [-0.2, -0.15) is 4.31 Å². The molecular weight excluding hydrogens is 475 g/mol. The Labute approximate surface area is 174 Å². The van der Waals surface area contributed by atoms with E-state index in [1.165, 1.54) is 10.7 Å². The number of nitrogens with one attached hydrogen (secondary N) is 1. The van der Waals surface area contributed by atoms with E-state index in [0.717, 1.165) is 29.3 Å². The number of carbonyl (C=O) groups excluding carboxylic acids is 1. The van der Waals surface area contributed by atoms with Gasteiger partial charge in [-0.1, -0.05) is 31.4 Å². The number of amides is 1. The molecule has 0 radical (unpaired) electrons. The summed E-state index contributed by atoms with van der Waals surface area (Å²) in [6.07, 6.45) is 5.17. The van der Waals surface area contributed by atoms with Crippen LogP contribution < -0.4 is 5.32 Å². The summed E-state index contributed by atoms with van der Waals surface area (Å²) in [6.45, 7) is 0. The molecule has 144 valence electrons. The van der Waals surface area contributed by atoms with Crippen molar-refractivity contribution in [3.8, 4) is 0 Å². The molecule has 1 aliphatic carbocycles. The minimum absolute atomic E-state index is 0.0725. The van der Waals surface area contributed by atoms with E-state index < -0.39 is 10.0 Å². The van der Waals surface area contributed by atoms with Crippen molar-refractivity contribution in [2.24, 2.45) is 0 Å². The fraction of sp³-hybridized carbons (Fsp3) is 0.350. The first-order chi connectivity index (χ1) is 12.9. The lowest BCUT2D eigenvalue weighted by molar-refractivity contribution is 0.102. The number of anilines is 1. The molecule has 1 fully saturated rings. The molecule has 0 bridgehead atoms. The second kappa shape index (κ2) is 8.70. The highest BCUT2D eigenvalue weighted by Crippen LogP contribution is 2.27. The molecule has 1 saturated carbocycles. The van der Waals surface area contributed by atoms with E-state index in [1.807, 2.05) is 18.2 Å². The van der Waals surface area contributed by atoms with Gasteiger partial charge in [0, 0.05) is 22.3 Å². The van der Waals surface area contributed by atoms with Crippen LogP contribution in [-0.4, -0.2) is 31.7 Å². The summed E-state index contributed by atoms with van der Waals surface area (Å²) in [6, 6.07) is 13.8. The fourth-order valence-electron chi connectivity index (χ4n) is 3.36. The maximum atomic E-state index is 12.9. The van der Waals surface area contributed by atoms with E-state index in [1.54, 1.807) is 37.4 Å². The first-order valence-electron chi connectivity index (χ1n) is 9.03. The van der Waals surface area contributed by atoms with E-state index in [2.05, 4.69) is 27.9 Å². The summed E-state index contributed by atoms with van der Waals surface area (Å²) in [5.41, 5.74) is 1.16. The standard InChI is InChI=1S/C20H23IN2O3S/c1-23(16-7-3-2-4-8-16)27(25,26)17-13-11-15(12-14-17)22-20(24)18-9-5-6-10-19(18)21/h5-6,9-14,16H,2-4,7-8H2,1H3,(H,22,24). The Morgan fingerprint density at radius 2 is 1.67 bits per heavy atom. The van der Waals surface area contributed by atoms with Crippen LogP contribution in [0.1, 0.15) is 42.5 Å². The van der Waals surface area contributed by atoms with E-state index in [0.29, 0.717) is 11.3 Å². The van der Waals surface area contributed by atoms with Crippen molar-refractivity contribution in [1.82, 2.24) is 4.31 Å². The number of sulfonamides is 1. The number of benzene rings is 2. The zero-order chi connectivity index (χ0) is 19.4. The molecule has 0 saturated heterocycles. The SMILES string of the molecule is CN(C1CCCCC1)S(=O)(=O)c1ccc(NC(=O)c2ccccc2I)cc1. The summed E-state index contributed by atoms with van der Waals surface area (Å²) >= 11 is 2.12. The van der Waals surface area contributed by atoms with Gasteiger partial charge in [0.25, 0.3) is 5.91 Å². The smallest absolute Gasteiger partial charge is 0.256 e. The van der Waals surface area contributed by atoms with E-state index >= 15 is 0 Å². The van der Waals surface area contributed by atoms with Crippen LogP contribution in [0.25, 0.3) is 0 Å².